The largest absolute Gasteiger partial charge is 0.462 e. The Hall–Kier alpha value is -3.87. The van der Waals surface area contributed by atoms with Crippen molar-refractivity contribution < 1.29 is 33.6 Å². The van der Waals surface area contributed by atoms with Crippen molar-refractivity contribution in [2.24, 2.45) is 11.8 Å². The van der Waals surface area contributed by atoms with E-state index in [0.29, 0.717) is 36.4 Å². The summed E-state index contributed by atoms with van der Waals surface area (Å²) in [5.41, 5.74) is 1.36. The predicted octanol–water partition coefficient (Wildman–Crippen LogP) is 7.06. The van der Waals surface area contributed by atoms with Gasteiger partial charge >= 0.3 is 11.9 Å². The maximum absolute atomic E-state index is 13.6. The van der Waals surface area contributed by atoms with Crippen LogP contribution in [-0.4, -0.2) is 63.3 Å². The molecule has 0 bridgehead atoms. The Balaban J connectivity index is 1.52. The predicted molar refractivity (Wildman–Crippen MR) is 190 cm³/mol. The van der Waals surface area contributed by atoms with Gasteiger partial charge in [-0.3, -0.25) is 29.3 Å². The lowest BCUT2D eigenvalue weighted by Crippen LogP contribution is -2.44. The van der Waals surface area contributed by atoms with Crippen LogP contribution in [0.4, 0.5) is 5.69 Å². The maximum Gasteiger partial charge on any atom is 0.313 e. The monoisotopic (exact) mass is 712 g/mol. The molecule has 4 rings (SSSR count). The van der Waals surface area contributed by atoms with Crippen LogP contribution in [0.2, 0.25) is 0 Å². The van der Waals surface area contributed by atoms with E-state index in [1.807, 2.05) is 25.7 Å². The average Bonchev–Trinajstić information content (AvgIpc) is 3.58. The fraction of sp³-hybridized carbons (Fsp3) is 0.649. The minimum Gasteiger partial charge on any atom is -0.462 e. The lowest BCUT2D eigenvalue weighted by molar-refractivity contribution is -0.385. The number of carbonyl (C=O) groups is 4. The molecule has 2 aliphatic rings. The number of hydrogen-bond acceptors (Lipinski definition) is 10. The van der Waals surface area contributed by atoms with E-state index >= 15 is 0 Å². The molecule has 1 unspecified atom stereocenters. The van der Waals surface area contributed by atoms with Gasteiger partial charge in [0.2, 0.25) is 5.91 Å². The van der Waals surface area contributed by atoms with Crippen LogP contribution in [0, 0.1) is 22.0 Å². The summed E-state index contributed by atoms with van der Waals surface area (Å²) in [6.45, 7) is 12.0. The molecular weight excluding hydrogens is 660 g/mol. The molecular formula is C37H52N4O8S. The number of nitro groups is 1. The first-order valence-corrected chi connectivity index (χ1v) is 18.9. The topological polar surface area (TPSA) is 158 Å². The molecule has 50 heavy (non-hydrogen) atoms. The number of nitrogens with zero attached hydrogens (tertiary/aromatic N) is 3. The van der Waals surface area contributed by atoms with Gasteiger partial charge in [-0.05, 0) is 68.4 Å². The average molecular weight is 713 g/mol. The number of fused-ring (bicyclic) bond motifs is 1. The Morgan fingerprint density at radius 1 is 1.12 bits per heavy atom. The fourth-order valence-corrected chi connectivity index (χ4v) is 7.90. The second-order valence-corrected chi connectivity index (χ2v) is 15.0. The van der Waals surface area contributed by atoms with E-state index in [2.05, 4.69) is 24.1 Å². The van der Waals surface area contributed by atoms with Crippen LogP contribution in [0.3, 0.4) is 0 Å². The summed E-state index contributed by atoms with van der Waals surface area (Å²) in [6.07, 6.45) is 6.03. The summed E-state index contributed by atoms with van der Waals surface area (Å²) in [6, 6.07) is 3.84. The third-order valence-corrected chi connectivity index (χ3v) is 10.9. The SMILES string of the molecule is CC[C@H](C)CC(=O)N(CC)C(C[C@@H](OC(C)=O)c1nc(C(=O)N[C@H]2Cc3ccc([N+](=O)[O-])cc3[C@H](C(=O)OC3CCCCC3)C2)cs1)C(C)C. The zero-order valence-corrected chi connectivity index (χ0v) is 31.0. The number of nitro benzene ring substituents is 1. The highest BCUT2D eigenvalue weighted by atomic mass is 32.1. The van der Waals surface area contributed by atoms with Crippen LogP contribution in [0.15, 0.2) is 23.6 Å². The smallest absolute Gasteiger partial charge is 0.313 e. The summed E-state index contributed by atoms with van der Waals surface area (Å²) < 4.78 is 11.6. The van der Waals surface area contributed by atoms with Crippen molar-refractivity contribution in [3.8, 4) is 0 Å². The van der Waals surface area contributed by atoms with Crippen LogP contribution in [0.1, 0.15) is 138 Å². The molecule has 0 saturated heterocycles. The molecule has 0 spiro atoms. The molecule has 5 atom stereocenters. The van der Waals surface area contributed by atoms with Gasteiger partial charge in [-0.1, -0.05) is 46.6 Å². The van der Waals surface area contributed by atoms with E-state index in [9.17, 15) is 29.3 Å². The van der Waals surface area contributed by atoms with Gasteiger partial charge in [0.25, 0.3) is 11.6 Å². The Kier molecular flexibility index (Phi) is 13.9. The zero-order chi connectivity index (χ0) is 36.5. The lowest BCUT2D eigenvalue weighted by Gasteiger charge is -2.36. The van der Waals surface area contributed by atoms with Gasteiger partial charge in [0.1, 0.15) is 16.8 Å². The maximum atomic E-state index is 13.6. The number of ether oxygens (including phenoxy) is 2. The third-order valence-electron chi connectivity index (χ3n) is 10.0. The molecule has 2 aromatic rings. The first-order chi connectivity index (χ1) is 23.8. The van der Waals surface area contributed by atoms with Gasteiger partial charge in [-0.15, -0.1) is 11.3 Å². The summed E-state index contributed by atoms with van der Waals surface area (Å²) in [7, 11) is 0. The molecule has 1 saturated carbocycles. The molecule has 12 nitrogen and oxygen atoms in total. The van der Waals surface area contributed by atoms with E-state index in [1.54, 1.807) is 11.4 Å². The molecule has 1 fully saturated rings. The molecule has 1 aromatic carbocycles. The van der Waals surface area contributed by atoms with Gasteiger partial charge in [-0.25, -0.2) is 4.98 Å². The summed E-state index contributed by atoms with van der Waals surface area (Å²) in [5.74, 6) is -1.73. The molecule has 1 aromatic heterocycles. The molecule has 0 radical (unpaired) electrons. The highest BCUT2D eigenvalue weighted by molar-refractivity contribution is 7.09. The number of nitrogens with one attached hydrogen (secondary N) is 1. The zero-order valence-electron chi connectivity index (χ0n) is 30.1. The molecule has 274 valence electrons. The number of thiazole rings is 1. The Bertz CT molecular complexity index is 1520. The van der Waals surface area contributed by atoms with Gasteiger partial charge in [0.15, 0.2) is 6.10 Å². The molecule has 1 heterocycles. The molecule has 2 amide bonds. The van der Waals surface area contributed by atoms with E-state index in [1.165, 1.54) is 30.4 Å². The van der Waals surface area contributed by atoms with Crippen LogP contribution in [0.5, 0.6) is 0 Å². The van der Waals surface area contributed by atoms with Crippen molar-refractivity contribution in [2.45, 2.75) is 136 Å². The van der Waals surface area contributed by atoms with Crippen LogP contribution in [-0.2, 0) is 30.3 Å². The van der Waals surface area contributed by atoms with Gasteiger partial charge in [0.05, 0.1) is 10.8 Å². The number of aromatic nitrogens is 1. The van der Waals surface area contributed by atoms with E-state index in [-0.39, 0.29) is 47.7 Å². The van der Waals surface area contributed by atoms with Crippen LogP contribution < -0.4 is 5.32 Å². The molecule has 0 aliphatic heterocycles. The number of hydrogen-bond donors (Lipinski definition) is 1. The Morgan fingerprint density at radius 3 is 2.46 bits per heavy atom. The minimum atomic E-state index is -0.761. The van der Waals surface area contributed by atoms with Gasteiger partial charge < -0.3 is 19.7 Å². The van der Waals surface area contributed by atoms with E-state index in [4.69, 9.17) is 9.47 Å². The van der Waals surface area contributed by atoms with E-state index in [0.717, 1.165) is 44.1 Å². The van der Waals surface area contributed by atoms with Crippen LogP contribution in [0.25, 0.3) is 0 Å². The van der Waals surface area contributed by atoms with Crippen molar-refractivity contribution in [2.75, 3.05) is 6.54 Å². The number of amides is 2. The normalized spacial score (nSPS) is 19.5. The van der Waals surface area contributed by atoms with Crippen molar-refractivity contribution in [3.05, 3.63) is 55.5 Å². The Labute approximate surface area is 298 Å². The highest BCUT2D eigenvalue weighted by Crippen LogP contribution is 2.37. The molecule has 1 N–H and O–H groups in total. The van der Waals surface area contributed by atoms with Gasteiger partial charge in [0, 0.05) is 55.9 Å². The van der Waals surface area contributed by atoms with Crippen LogP contribution >= 0.6 is 11.3 Å². The van der Waals surface area contributed by atoms with Crippen molar-refractivity contribution in [3.63, 3.8) is 0 Å². The Morgan fingerprint density at radius 2 is 1.84 bits per heavy atom. The summed E-state index contributed by atoms with van der Waals surface area (Å²) in [5, 5.41) is 16.7. The molecule has 13 heteroatoms. The highest BCUT2D eigenvalue weighted by Gasteiger charge is 2.37. The second-order valence-electron chi connectivity index (χ2n) is 14.1. The first kappa shape index (κ1) is 38.9. The van der Waals surface area contributed by atoms with Crippen molar-refractivity contribution in [1.29, 1.82) is 0 Å². The van der Waals surface area contributed by atoms with E-state index < -0.39 is 40.8 Å². The minimum absolute atomic E-state index is 0.0610. The third kappa shape index (κ3) is 10.1. The van der Waals surface area contributed by atoms with Crippen molar-refractivity contribution >= 4 is 40.8 Å². The van der Waals surface area contributed by atoms with Crippen molar-refractivity contribution in [1.82, 2.24) is 15.2 Å². The first-order valence-electron chi connectivity index (χ1n) is 18.0. The standard InChI is InChI=1S/C37H52N4O8S/c1-7-23(5)16-34(43)40(8-2)32(22(3)4)20-33(48-24(6)42)36-39-31(21-50-36)35(44)38-26-17-25-14-15-27(41(46)47)19-29(25)30(18-26)37(45)49-28-12-10-9-11-13-28/h14-15,19,21-23,26,28,30,32-33H,7-13,16-18,20H2,1-6H3,(H,38,44)/t23-,26-,30+,32?,33+/m0/s1. The summed E-state index contributed by atoms with van der Waals surface area (Å²) >= 11 is 1.21. The van der Waals surface area contributed by atoms with Gasteiger partial charge in [-0.2, -0.15) is 0 Å². The number of rotatable bonds is 15. The quantitative estimate of drug-likeness (QED) is 0.116. The number of benzene rings is 1. The number of esters is 2. The fourth-order valence-electron chi connectivity index (χ4n) is 7.06. The summed E-state index contributed by atoms with van der Waals surface area (Å²) in [4.78, 5) is 70.2. The number of carbonyl (C=O) groups excluding carboxylic acids is 4. The second kappa shape index (κ2) is 17.9. The molecule has 2 aliphatic carbocycles. The number of non-ortho nitro benzene ring substituents is 1. The lowest BCUT2D eigenvalue weighted by atomic mass is 9.79.